The topological polar surface area (TPSA) is 59.0 Å². The summed E-state index contributed by atoms with van der Waals surface area (Å²) in [6.07, 6.45) is -5.03. The number of hydrazone groups is 1. The van der Waals surface area contributed by atoms with Crippen LogP contribution in [0.3, 0.4) is 0 Å². The van der Waals surface area contributed by atoms with Crippen molar-refractivity contribution in [2.24, 2.45) is 5.10 Å². The van der Waals surface area contributed by atoms with Crippen molar-refractivity contribution in [3.8, 4) is 0 Å². The first-order valence-electron chi connectivity index (χ1n) is 6.12. The summed E-state index contributed by atoms with van der Waals surface area (Å²) in [5, 5.41) is 4.63. The van der Waals surface area contributed by atoms with Gasteiger partial charge >= 0.3 is 12.1 Å². The molecule has 0 fully saturated rings. The number of carbonyl (C=O) groups excluding carboxylic acids is 2. The lowest BCUT2D eigenvalue weighted by atomic mass is 10.0. The zero-order chi connectivity index (χ0) is 16.5. The van der Waals surface area contributed by atoms with E-state index in [9.17, 15) is 22.8 Å². The van der Waals surface area contributed by atoms with E-state index in [-0.39, 0.29) is 5.71 Å². The van der Waals surface area contributed by atoms with E-state index in [2.05, 4.69) is 9.84 Å². The maximum Gasteiger partial charge on any atom is 0.424 e. The number of nitrogens with zero attached hydrogens (tertiary/aromatic N) is 2. The van der Waals surface area contributed by atoms with Crippen molar-refractivity contribution in [3.05, 3.63) is 41.5 Å². The lowest BCUT2D eigenvalue weighted by molar-refractivity contribution is -0.148. The molecule has 0 aliphatic carbocycles. The van der Waals surface area contributed by atoms with E-state index in [1.807, 2.05) is 0 Å². The number of methoxy groups -OCH3 is 1. The molecule has 0 aromatic heterocycles. The van der Waals surface area contributed by atoms with E-state index in [0.29, 0.717) is 5.69 Å². The highest BCUT2D eigenvalue weighted by Gasteiger charge is 2.47. The molecule has 2 rings (SSSR count). The van der Waals surface area contributed by atoms with Crippen molar-refractivity contribution in [2.75, 3.05) is 12.1 Å². The summed E-state index contributed by atoms with van der Waals surface area (Å²) in [5.41, 5.74) is -2.36. The molecule has 0 saturated carbocycles. The van der Waals surface area contributed by atoms with Crippen LogP contribution in [0.4, 0.5) is 18.9 Å². The molecule has 5 nitrogen and oxygen atoms in total. The molecule has 22 heavy (non-hydrogen) atoms. The molecule has 0 unspecified atom stereocenters. The number of carbonyl (C=O) groups is 2. The van der Waals surface area contributed by atoms with Gasteiger partial charge in [-0.3, -0.25) is 4.79 Å². The van der Waals surface area contributed by atoms with Gasteiger partial charge in [-0.25, -0.2) is 4.79 Å². The molecule has 0 N–H and O–H groups in total. The second-order valence-corrected chi connectivity index (χ2v) is 4.38. The minimum Gasteiger partial charge on any atom is -0.465 e. The van der Waals surface area contributed by atoms with E-state index >= 15 is 0 Å². The van der Waals surface area contributed by atoms with E-state index < -0.39 is 29.2 Å². The normalized spacial score (nSPS) is 17.4. The Morgan fingerprint density at radius 2 is 1.82 bits per heavy atom. The number of hydrogen-bond acceptors (Lipinski definition) is 4. The molecule has 0 saturated heterocycles. The summed E-state index contributed by atoms with van der Waals surface area (Å²) < 4.78 is 43.4. The van der Waals surface area contributed by atoms with Crippen molar-refractivity contribution in [3.63, 3.8) is 0 Å². The highest BCUT2D eigenvalue weighted by atomic mass is 19.4. The standard InChI is InChI=1S/C14H11F3N2O3/c1-8-10(11(13(21)22-2)14(15,16)17)12(20)19(18-8)9-6-4-3-5-7-9/h3-7H,1-2H3/b11-10+. The summed E-state index contributed by atoms with van der Waals surface area (Å²) in [6.45, 7) is 1.23. The van der Waals surface area contributed by atoms with Gasteiger partial charge in [0.1, 0.15) is 0 Å². The number of halogens is 3. The third kappa shape index (κ3) is 2.72. The maximum absolute atomic E-state index is 13.1. The Balaban J connectivity index is 2.57. The second-order valence-electron chi connectivity index (χ2n) is 4.38. The van der Waals surface area contributed by atoms with Gasteiger partial charge in [0.15, 0.2) is 5.57 Å². The number of anilines is 1. The number of para-hydroxylation sites is 1. The number of esters is 1. The fourth-order valence-corrected chi connectivity index (χ4v) is 2.00. The van der Waals surface area contributed by atoms with Gasteiger partial charge in [-0.2, -0.15) is 23.3 Å². The lowest BCUT2D eigenvalue weighted by Crippen LogP contribution is -2.29. The van der Waals surface area contributed by atoms with Gasteiger partial charge in [-0.05, 0) is 19.1 Å². The zero-order valence-corrected chi connectivity index (χ0v) is 11.6. The van der Waals surface area contributed by atoms with Crippen LogP contribution >= 0.6 is 0 Å². The highest BCUT2D eigenvalue weighted by molar-refractivity contribution is 6.32. The molecule has 0 bridgehead atoms. The van der Waals surface area contributed by atoms with Crippen LogP contribution < -0.4 is 5.01 Å². The molecule has 1 aromatic rings. The number of ether oxygens (including phenoxy) is 1. The smallest absolute Gasteiger partial charge is 0.424 e. The van der Waals surface area contributed by atoms with Gasteiger partial charge in [0.05, 0.1) is 24.1 Å². The van der Waals surface area contributed by atoms with E-state index in [1.54, 1.807) is 18.2 Å². The molecular weight excluding hydrogens is 301 g/mol. The number of amides is 1. The number of rotatable bonds is 2. The van der Waals surface area contributed by atoms with Crippen LogP contribution in [0.15, 0.2) is 46.6 Å². The van der Waals surface area contributed by atoms with Crippen LogP contribution in [0.25, 0.3) is 0 Å². The van der Waals surface area contributed by atoms with Crippen LogP contribution in [0.5, 0.6) is 0 Å². The molecule has 1 aliphatic rings. The molecule has 0 spiro atoms. The average Bonchev–Trinajstić information content (AvgIpc) is 2.75. The van der Waals surface area contributed by atoms with Gasteiger partial charge in [0.2, 0.25) is 0 Å². The molecule has 0 radical (unpaired) electrons. The summed E-state index contributed by atoms with van der Waals surface area (Å²) in [6, 6.07) is 7.94. The van der Waals surface area contributed by atoms with Crippen LogP contribution in [0, 0.1) is 0 Å². The van der Waals surface area contributed by atoms with Crippen molar-refractivity contribution in [1.82, 2.24) is 0 Å². The fourth-order valence-electron chi connectivity index (χ4n) is 2.00. The Labute approximate surface area is 123 Å². The molecule has 1 aliphatic heterocycles. The minimum absolute atomic E-state index is 0.202. The van der Waals surface area contributed by atoms with E-state index in [4.69, 9.17) is 0 Å². The second kappa shape index (κ2) is 5.63. The number of benzene rings is 1. The molecule has 1 heterocycles. The van der Waals surface area contributed by atoms with Crippen LogP contribution in [0.1, 0.15) is 6.92 Å². The molecule has 0 atom stereocenters. The molecule has 1 aromatic carbocycles. The van der Waals surface area contributed by atoms with Gasteiger partial charge in [0, 0.05) is 0 Å². The first-order valence-corrected chi connectivity index (χ1v) is 6.12. The van der Waals surface area contributed by atoms with E-state index in [1.165, 1.54) is 19.1 Å². The summed E-state index contributed by atoms with van der Waals surface area (Å²) in [5.74, 6) is -2.65. The summed E-state index contributed by atoms with van der Waals surface area (Å²) >= 11 is 0. The monoisotopic (exact) mass is 312 g/mol. The third-order valence-electron chi connectivity index (χ3n) is 2.94. The van der Waals surface area contributed by atoms with Gasteiger partial charge in [0.25, 0.3) is 5.91 Å². The van der Waals surface area contributed by atoms with Gasteiger partial charge in [-0.15, -0.1) is 0 Å². The maximum atomic E-state index is 13.1. The van der Waals surface area contributed by atoms with Gasteiger partial charge in [-0.1, -0.05) is 18.2 Å². The Morgan fingerprint density at radius 1 is 1.23 bits per heavy atom. The predicted molar refractivity (Wildman–Crippen MR) is 72.1 cm³/mol. The average molecular weight is 312 g/mol. The Hall–Kier alpha value is -2.64. The zero-order valence-electron chi connectivity index (χ0n) is 11.6. The molecular formula is C14H11F3N2O3. The van der Waals surface area contributed by atoms with Crippen molar-refractivity contribution >= 4 is 23.3 Å². The number of hydrogen-bond donors (Lipinski definition) is 0. The quantitative estimate of drug-likeness (QED) is 0.622. The minimum atomic E-state index is -5.03. The predicted octanol–water partition coefficient (Wildman–Crippen LogP) is 2.44. The highest BCUT2D eigenvalue weighted by Crippen LogP contribution is 2.34. The van der Waals surface area contributed by atoms with Crippen molar-refractivity contribution in [2.45, 2.75) is 13.1 Å². The first-order chi connectivity index (χ1) is 10.3. The van der Waals surface area contributed by atoms with Gasteiger partial charge < -0.3 is 4.74 Å². The lowest BCUT2D eigenvalue weighted by Gasteiger charge is -2.14. The first kappa shape index (κ1) is 15.7. The Morgan fingerprint density at radius 3 is 2.32 bits per heavy atom. The fraction of sp³-hybridized carbons (Fsp3) is 0.214. The van der Waals surface area contributed by atoms with Crippen LogP contribution in [0.2, 0.25) is 0 Å². The molecule has 1 amide bonds. The molecule has 116 valence electrons. The molecule has 8 heteroatoms. The third-order valence-corrected chi connectivity index (χ3v) is 2.94. The summed E-state index contributed by atoms with van der Waals surface area (Å²) in [7, 11) is 0.815. The Kier molecular flexibility index (Phi) is 4.03. The SMILES string of the molecule is COC(=O)/C(=C1\C(=O)N(c2ccccc2)N=C1C)C(F)(F)F. The largest absolute Gasteiger partial charge is 0.465 e. The van der Waals surface area contributed by atoms with Crippen molar-refractivity contribution < 1.29 is 27.5 Å². The van der Waals surface area contributed by atoms with E-state index in [0.717, 1.165) is 12.1 Å². The Bertz CT molecular complexity index is 678. The number of alkyl halides is 3. The van der Waals surface area contributed by atoms with Crippen LogP contribution in [-0.4, -0.2) is 30.9 Å². The van der Waals surface area contributed by atoms with Crippen LogP contribution in [-0.2, 0) is 14.3 Å². The van der Waals surface area contributed by atoms with Crippen molar-refractivity contribution in [1.29, 1.82) is 0 Å². The summed E-state index contributed by atoms with van der Waals surface area (Å²) in [4.78, 5) is 23.7.